The predicted molar refractivity (Wildman–Crippen MR) is 72.3 cm³/mol. The molecule has 6 heteroatoms. The first-order chi connectivity index (χ1) is 8.29. The molecule has 100 valence electrons. The molecule has 0 aliphatic heterocycles. The quantitative estimate of drug-likeness (QED) is 0.610. The molecule has 0 heterocycles. The van der Waals surface area contributed by atoms with Crippen LogP contribution < -0.4 is 11.1 Å². The minimum Gasteiger partial charge on any atom is -0.399 e. The molecule has 0 aliphatic rings. The van der Waals surface area contributed by atoms with Gasteiger partial charge in [-0.3, -0.25) is 4.79 Å². The number of carbonyl (C=O) groups excluding carboxylic acids is 1. The van der Waals surface area contributed by atoms with Gasteiger partial charge in [0.2, 0.25) is 0 Å². The molecule has 0 saturated heterocycles. The highest BCUT2D eigenvalue weighted by molar-refractivity contribution is 7.90. The number of anilines is 1. The van der Waals surface area contributed by atoms with E-state index in [0.717, 1.165) is 5.56 Å². The second-order valence-corrected chi connectivity index (χ2v) is 6.57. The van der Waals surface area contributed by atoms with Crippen LogP contribution in [0.2, 0.25) is 0 Å². The van der Waals surface area contributed by atoms with Crippen LogP contribution in [0, 0.1) is 6.92 Å². The number of nitrogens with two attached hydrogens (primary N) is 1. The molecule has 0 aromatic heterocycles. The SMILES string of the molecule is Cc1cc(N)ccc1C(=O)NCCCS(C)(=O)=O. The minimum absolute atomic E-state index is 0.0774. The Morgan fingerprint density at radius 3 is 2.61 bits per heavy atom. The predicted octanol–water partition coefficient (Wildman–Crippen LogP) is 0.742. The Bertz CT molecular complexity index is 538. The molecule has 18 heavy (non-hydrogen) atoms. The number of rotatable bonds is 5. The first-order valence-corrected chi connectivity index (χ1v) is 7.68. The zero-order valence-corrected chi connectivity index (χ0v) is 11.4. The fourth-order valence-electron chi connectivity index (χ4n) is 1.57. The van der Waals surface area contributed by atoms with Gasteiger partial charge in [0.1, 0.15) is 9.84 Å². The Hall–Kier alpha value is -1.56. The molecule has 1 aromatic carbocycles. The van der Waals surface area contributed by atoms with Crippen LogP contribution in [0.5, 0.6) is 0 Å². The van der Waals surface area contributed by atoms with Gasteiger partial charge >= 0.3 is 0 Å². The summed E-state index contributed by atoms with van der Waals surface area (Å²) < 4.78 is 21.8. The molecule has 0 aliphatic carbocycles. The molecule has 1 aromatic rings. The van der Waals surface area contributed by atoms with Crippen molar-refractivity contribution in [2.24, 2.45) is 0 Å². The molecule has 5 nitrogen and oxygen atoms in total. The third kappa shape index (κ3) is 4.75. The van der Waals surface area contributed by atoms with Crippen molar-refractivity contribution in [1.82, 2.24) is 5.32 Å². The monoisotopic (exact) mass is 270 g/mol. The summed E-state index contributed by atoms with van der Waals surface area (Å²) in [5.41, 5.74) is 7.57. The van der Waals surface area contributed by atoms with E-state index < -0.39 is 9.84 Å². The van der Waals surface area contributed by atoms with Gasteiger partial charge in [-0.2, -0.15) is 0 Å². The normalized spacial score (nSPS) is 11.2. The standard InChI is InChI=1S/C12H18N2O3S/c1-9-8-10(13)4-5-11(9)12(15)14-6-3-7-18(2,16)17/h4-5,8H,3,6-7,13H2,1-2H3,(H,14,15). The number of hydrogen-bond acceptors (Lipinski definition) is 4. The Labute approximate surface area is 107 Å². The number of carbonyl (C=O) groups is 1. The highest BCUT2D eigenvalue weighted by Crippen LogP contribution is 2.12. The Kier molecular flexibility index (Phi) is 4.72. The van der Waals surface area contributed by atoms with Crippen molar-refractivity contribution < 1.29 is 13.2 Å². The van der Waals surface area contributed by atoms with Crippen molar-refractivity contribution in [3.05, 3.63) is 29.3 Å². The molecule has 1 amide bonds. The Morgan fingerprint density at radius 2 is 2.06 bits per heavy atom. The average molecular weight is 270 g/mol. The number of aryl methyl sites for hydroxylation is 1. The van der Waals surface area contributed by atoms with Crippen LogP contribution >= 0.6 is 0 Å². The summed E-state index contributed by atoms with van der Waals surface area (Å²) in [5, 5.41) is 2.69. The summed E-state index contributed by atoms with van der Waals surface area (Å²) >= 11 is 0. The summed E-state index contributed by atoms with van der Waals surface area (Å²) in [4.78, 5) is 11.8. The fraction of sp³-hybridized carbons (Fsp3) is 0.417. The molecule has 0 atom stereocenters. The highest BCUT2D eigenvalue weighted by atomic mass is 32.2. The van der Waals surface area contributed by atoms with Gasteiger partial charge in [0, 0.05) is 24.1 Å². The topological polar surface area (TPSA) is 89.3 Å². The molecule has 0 fully saturated rings. The van der Waals surface area contributed by atoms with E-state index >= 15 is 0 Å². The van der Waals surface area contributed by atoms with E-state index in [2.05, 4.69) is 5.32 Å². The third-order valence-corrected chi connectivity index (χ3v) is 3.50. The van der Waals surface area contributed by atoms with E-state index in [1.54, 1.807) is 18.2 Å². The maximum atomic E-state index is 11.8. The second-order valence-electron chi connectivity index (χ2n) is 4.31. The van der Waals surface area contributed by atoms with Gasteiger partial charge in [0.05, 0.1) is 5.75 Å². The van der Waals surface area contributed by atoms with Crippen LogP contribution in [-0.2, 0) is 9.84 Å². The van der Waals surface area contributed by atoms with Crippen LogP contribution in [0.1, 0.15) is 22.3 Å². The van der Waals surface area contributed by atoms with Crippen LogP contribution in [0.3, 0.4) is 0 Å². The molecule has 0 unspecified atom stereocenters. The van der Waals surface area contributed by atoms with Crippen molar-refractivity contribution in [2.75, 3.05) is 24.3 Å². The van der Waals surface area contributed by atoms with Crippen LogP contribution in [-0.4, -0.2) is 32.9 Å². The van der Waals surface area contributed by atoms with Crippen molar-refractivity contribution >= 4 is 21.4 Å². The lowest BCUT2D eigenvalue weighted by molar-refractivity contribution is 0.0953. The molecule has 3 N–H and O–H groups in total. The number of benzene rings is 1. The number of amides is 1. The summed E-state index contributed by atoms with van der Waals surface area (Å²) in [6.45, 7) is 2.15. The van der Waals surface area contributed by atoms with Crippen molar-refractivity contribution in [2.45, 2.75) is 13.3 Å². The lowest BCUT2D eigenvalue weighted by Crippen LogP contribution is -2.26. The number of nitrogen functional groups attached to an aromatic ring is 1. The zero-order valence-electron chi connectivity index (χ0n) is 10.6. The first kappa shape index (κ1) is 14.5. The van der Waals surface area contributed by atoms with Crippen molar-refractivity contribution in [3.63, 3.8) is 0 Å². The van der Waals surface area contributed by atoms with Crippen LogP contribution in [0.15, 0.2) is 18.2 Å². The number of sulfone groups is 1. The van der Waals surface area contributed by atoms with E-state index in [4.69, 9.17) is 5.73 Å². The number of hydrogen-bond donors (Lipinski definition) is 2. The highest BCUT2D eigenvalue weighted by Gasteiger charge is 2.09. The van der Waals surface area contributed by atoms with Gasteiger partial charge in [-0.15, -0.1) is 0 Å². The van der Waals surface area contributed by atoms with Crippen LogP contribution in [0.4, 0.5) is 5.69 Å². The largest absolute Gasteiger partial charge is 0.399 e. The molecule has 0 bridgehead atoms. The molecule has 0 spiro atoms. The van der Waals surface area contributed by atoms with E-state index in [9.17, 15) is 13.2 Å². The molecular formula is C12H18N2O3S. The smallest absolute Gasteiger partial charge is 0.251 e. The van der Waals surface area contributed by atoms with Gasteiger partial charge in [-0.05, 0) is 37.1 Å². The van der Waals surface area contributed by atoms with E-state index in [1.165, 1.54) is 6.26 Å². The third-order valence-electron chi connectivity index (χ3n) is 2.47. The average Bonchev–Trinajstić information content (AvgIpc) is 2.22. The summed E-state index contributed by atoms with van der Waals surface area (Å²) in [6, 6.07) is 5.06. The van der Waals surface area contributed by atoms with Gasteiger partial charge in [-0.25, -0.2) is 8.42 Å². The van der Waals surface area contributed by atoms with E-state index in [0.29, 0.717) is 24.2 Å². The maximum Gasteiger partial charge on any atom is 0.251 e. The Balaban J connectivity index is 2.51. The first-order valence-electron chi connectivity index (χ1n) is 5.61. The lowest BCUT2D eigenvalue weighted by atomic mass is 10.1. The molecular weight excluding hydrogens is 252 g/mol. The van der Waals surface area contributed by atoms with Crippen molar-refractivity contribution in [3.8, 4) is 0 Å². The van der Waals surface area contributed by atoms with Gasteiger partial charge in [-0.1, -0.05) is 0 Å². The molecule has 1 rings (SSSR count). The fourth-order valence-corrected chi connectivity index (χ4v) is 2.24. The van der Waals surface area contributed by atoms with E-state index in [-0.39, 0.29) is 11.7 Å². The van der Waals surface area contributed by atoms with Crippen LogP contribution in [0.25, 0.3) is 0 Å². The van der Waals surface area contributed by atoms with Gasteiger partial charge in [0.25, 0.3) is 5.91 Å². The van der Waals surface area contributed by atoms with Gasteiger partial charge < -0.3 is 11.1 Å². The second kappa shape index (κ2) is 5.86. The lowest BCUT2D eigenvalue weighted by Gasteiger charge is -2.08. The maximum absolute atomic E-state index is 11.8. The number of nitrogens with one attached hydrogen (secondary N) is 1. The Morgan fingerprint density at radius 1 is 1.39 bits per heavy atom. The zero-order chi connectivity index (χ0) is 13.8. The minimum atomic E-state index is -2.97. The molecule has 0 radical (unpaired) electrons. The molecule has 0 saturated carbocycles. The van der Waals surface area contributed by atoms with Crippen molar-refractivity contribution in [1.29, 1.82) is 0 Å². The van der Waals surface area contributed by atoms with E-state index in [1.807, 2.05) is 6.92 Å². The summed E-state index contributed by atoms with van der Waals surface area (Å²) in [5.74, 6) is -0.130. The van der Waals surface area contributed by atoms with Gasteiger partial charge in [0.15, 0.2) is 0 Å². The summed E-state index contributed by atoms with van der Waals surface area (Å²) in [7, 11) is -2.97. The summed E-state index contributed by atoms with van der Waals surface area (Å²) in [6.07, 6.45) is 1.59.